The summed E-state index contributed by atoms with van der Waals surface area (Å²) in [6.07, 6.45) is 5.86. The molecule has 1 fully saturated rings. The fraction of sp³-hybridized carbons (Fsp3) is 0.316. The van der Waals surface area contributed by atoms with Gasteiger partial charge in [-0.15, -0.1) is 10.2 Å². The number of pyridine rings is 1. The van der Waals surface area contributed by atoms with E-state index in [2.05, 4.69) is 15.2 Å². The fourth-order valence-electron chi connectivity index (χ4n) is 3.40. The van der Waals surface area contributed by atoms with Crippen molar-refractivity contribution in [2.75, 3.05) is 13.1 Å². The first kappa shape index (κ1) is 21.4. The molecule has 12 heteroatoms. The number of aromatic nitrogens is 4. The zero-order valence-corrected chi connectivity index (χ0v) is 18.3. The molecule has 0 amide bonds. The van der Waals surface area contributed by atoms with Crippen LogP contribution in [0.3, 0.4) is 0 Å². The van der Waals surface area contributed by atoms with Gasteiger partial charge in [-0.2, -0.15) is 4.31 Å². The lowest BCUT2D eigenvalue weighted by Gasteiger charge is -2.25. The van der Waals surface area contributed by atoms with Crippen molar-refractivity contribution in [1.29, 1.82) is 0 Å². The van der Waals surface area contributed by atoms with Crippen molar-refractivity contribution in [3.63, 3.8) is 0 Å². The lowest BCUT2D eigenvalue weighted by Crippen LogP contribution is -2.35. The van der Waals surface area contributed by atoms with Crippen molar-refractivity contribution in [3.05, 3.63) is 52.8 Å². The van der Waals surface area contributed by atoms with Crippen molar-refractivity contribution >= 4 is 27.5 Å². The predicted octanol–water partition coefficient (Wildman–Crippen LogP) is 3.11. The highest BCUT2D eigenvalue weighted by molar-refractivity contribution is 7.99. The number of nitro benzene ring substituents is 1. The van der Waals surface area contributed by atoms with Gasteiger partial charge in [0.05, 0.1) is 14.7 Å². The van der Waals surface area contributed by atoms with Gasteiger partial charge in [0.2, 0.25) is 10.0 Å². The van der Waals surface area contributed by atoms with Crippen molar-refractivity contribution in [2.24, 2.45) is 7.05 Å². The van der Waals surface area contributed by atoms with Crippen LogP contribution in [0.2, 0.25) is 0 Å². The minimum absolute atomic E-state index is 0.0686. The molecule has 0 radical (unpaired) electrons. The molecule has 0 aliphatic carbocycles. The van der Waals surface area contributed by atoms with Crippen molar-refractivity contribution in [3.8, 4) is 11.4 Å². The SMILES string of the molecule is Cn1c(Sc2ccc(S(=O)(=O)N3CCCCC3)cc2[N+](=O)[O-])nnc1-c1ccncc1. The molecule has 0 saturated carbocycles. The lowest BCUT2D eigenvalue weighted by atomic mass is 10.2. The number of benzene rings is 1. The van der Waals surface area contributed by atoms with Gasteiger partial charge < -0.3 is 4.57 Å². The van der Waals surface area contributed by atoms with Gasteiger partial charge in [0.15, 0.2) is 11.0 Å². The monoisotopic (exact) mass is 460 g/mol. The molecule has 1 aliphatic rings. The molecule has 3 heterocycles. The summed E-state index contributed by atoms with van der Waals surface area (Å²) in [6.45, 7) is 0.868. The zero-order valence-electron chi connectivity index (χ0n) is 16.7. The van der Waals surface area contributed by atoms with E-state index in [9.17, 15) is 18.5 Å². The van der Waals surface area contributed by atoms with Crippen LogP contribution in [0, 0.1) is 10.1 Å². The maximum absolute atomic E-state index is 12.9. The summed E-state index contributed by atoms with van der Waals surface area (Å²) in [5.74, 6) is 0.594. The van der Waals surface area contributed by atoms with E-state index < -0.39 is 14.9 Å². The standard InChI is InChI=1S/C19H20N6O4S2/c1-23-18(14-7-9-20-10-8-14)21-22-19(23)30-17-6-5-15(13-16(17)25(26)27)31(28,29)24-11-3-2-4-12-24/h5-10,13H,2-4,11-12H2,1H3. The fourth-order valence-corrected chi connectivity index (χ4v) is 5.81. The summed E-state index contributed by atoms with van der Waals surface area (Å²) >= 11 is 1.06. The molecule has 1 saturated heterocycles. The number of nitrogens with zero attached hydrogens (tertiary/aromatic N) is 6. The maximum Gasteiger partial charge on any atom is 0.284 e. The van der Waals surface area contributed by atoms with Gasteiger partial charge >= 0.3 is 0 Å². The van der Waals surface area contributed by atoms with Gasteiger partial charge in [-0.3, -0.25) is 15.1 Å². The molecule has 1 aliphatic heterocycles. The van der Waals surface area contributed by atoms with Crippen LogP contribution < -0.4 is 0 Å². The molecule has 1 aromatic carbocycles. The minimum atomic E-state index is -3.77. The van der Waals surface area contributed by atoms with E-state index >= 15 is 0 Å². The average molecular weight is 461 g/mol. The molecule has 0 spiro atoms. The number of piperidine rings is 1. The Labute approximate surface area is 183 Å². The first-order valence-electron chi connectivity index (χ1n) is 9.64. The molecule has 162 valence electrons. The van der Waals surface area contributed by atoms with E-state index in [0.29, 0.717) is 29.0 Å². The first-order valence-corrected chi connectivity index (χ1v) is 11.9. The van der Waals surface area contributed by atoms with Gasteiger partial charge in [-0.1, -0.05) is 6.42 Å². The van der Waals surface area contributed by atoms with Gasteiger partial charge in [0, 0.05) is 44.2 Å². The van der Waals surface area contributed by atoms with E-state index in [4.69, 9.17) is 0 Å². The Kier molecular flexibility index (Phi) is 6.03. The summed E-state index contributed by atoms with van der Waals surface area (Å²) in [4.78, 5) is 15.3. The number of sulfonamides is 1. The van der Waals surface area contributed by atoms with Gasteiger partial charge in [-0.25, -0.2) is 8.42 Å². The molecule has 0 atom stereocenters. The molecule has 0 unspecified atom stereocenters. The quantitative estimate of drug-likeness (QED) is 0.406. The summed E-state index contributed by atoms with van der Waals surface area (Å²) < 4.78 is 28.9. The molecule has 3 aromatic rings. The van der Waals surface area contributed by atoms with Crippen LogP contribution >= 0.6 is 11.8 Å². The maximum atomic E-state index is 12.9. The van der Waals surface area contributed by atoms with E-state index in [-0.39, 0.29) is 10.6 Å². The average Bonchev–Trinajstić information content (AvgIpc) is 3.15. The van der Waals surface area contributed by atoms with Gasteiger partial charge in [0.25, 0.3) is 5.69 Å². The first-order chi connectivity index (χ1) is 14.9. The van der Waals surface area contributed by atoms with Crippen molar-refractivity contribution in [1.82, 2.24) is 24.1 Å². The summed E-state index contributed by atoms with van der Waals surface area (Å²) in [7, 11) is -2.00. The van der Waals surface area contributed by atoms with Crippen LogP contribution in [0.15, 0.2) is 57.7 Å². The van der Waals surface area contributed by atoms with Crippen LogP contribution in [-0.2, 0) is 17.1 Å². The molecule has 10 nitrogen and oxygen atoms in total. The third-order valence-electron chi connectivity index (χ3n) is 5.05. The van der Waals surface area contributed by atoms with Crippen LogP contribution in [0.1, 0.15) is 19.3 Å². The number of nitro groups is 1. The Morgan fingerprint density at radius 3 is 2.45 bits per heavy atom. The highest BCUT2D eigenvalue weighted by Gasteiger charge is 2.29. The topological polar surface area (TPSA) is 124 Å². The highest BCUT2D eigenvalue weighted by atomic mass is 32.2. The van der Waals surface area contributed by atoms with Crippen LogP contribution in [0.25, 0.3) is 11.4 Å². The summed E-state index contributed by atoms with van der Waals surface area (Å²) in [5.41, 5.74) is 0.533. The van der Waals surface area contributed by atoms with Crippen LogP contribution in [0.4, 0.5) is 5.69 Å². The van der Waals surface area contributed by atoms with E-state index in [1.807, 2.05) is 0 Å². The molecular weight excluding hydrogens is 440 g/mol. The smallest absolute Gasteiger partial charge is 0.284 e. The van der Waals surface area contributed by atoms with Gasteiger partial charge in [-0.05, 0) is 48.9 Å². The predicted molar refractivity (Wildman–Crippen MR) is 114 cm³/mol. The molecule has 2 aromatic heterocycles. The van der Waals surface area contributed by atoms with Gasteiger partial charge in [0.1, 0.15) is 0 Å². The molecular formula is C19H20N6O4S2. The number of rotatable bonds is 6. The Hall–Kier alpha value is -2.83. The second-order valence-electron chi connectivity index (χ2n) is 7.05. The highest BCUT2D eigenvalue weighted by Crippen LogP contribution is 2.37. The van der Waals surface area contributed by atoms with E-state index in [1.165, 1.54) is 16.4 Å². The normalized spacial score (nSPS) is 15.1. The minimum Gasteiger partial charge on any atom is -0.305 e. The molecule has 31 heavy (non-hydrogen) atoms. The Balaban J connectivity index is 1.66. The molecule has 0 N–H and O–H groups in total. The van der Waals surface area contributed by atoms with Crippen LogP contribution in [0.5, 0.6) is 0 Å². The summed E-state index contributed by atoms with van der Waals surface area (Å²) in [5, 5.41) is 20.5. The van der Waals surface area contributed by atoms with E-state index in [1.54, 1.807) is 36.1 Å². The Bertz CT molecular complexity index is 1210. The number of hydrogen-bond acceptors (Lipinski definition) is 8. The Morgan fingerprint density at radius 2 is 1.77 bits per heavy atom. The van der Waals surface area contributed by atoms with Crippen molar-refractivity contribution < 1.29 is 13.3 Å². The van der Waals surface area contributed by atoms with Crippen LogP contribution in [-0.4, -0.2) is 50.5 Å². The lowest BCUT2D eigenvalue weighted by molar-refractivity contribution is -0.388. The molecule has 4 rings (SSSR count). The van der Waals surface area contributed by atoms with E-state index in [0.717, 1.165) is 42.7 Å². The zero-order chi connectivity index (χ0) is 22.0. The Morgan fingerprint density at radius 1 is 1.06 bits per heavy atom. The molecule has 0 bridgehead atoms. The second-order valence-corrected chi connectivity index (χ2v) is 10.0. The number of hydrogen-bond donors (Lipinski definition) is 0. The summed E-state index contributed by atoms with van der Waals surface area (Å²) in [6, 6.07) is 7.59. The van der Waals surface area contributed by atoms with Crippen molar-refractivity contribution in [2.45, 2.75) is 34.2 Å². The third kappa shape index (κ3) is 4.31. The second kappa shape index (κ2) is 8.73. The third-order valence-corrected chi connectivity index (χ3v) is 8.05. The largest absolute Gasteiger partial charge is 0.305 e.